The lowest BCUT2D eigenvalue weighted by Gasteiger charge is -2.15. The minimum absolute atomic E-state index is 0.201. The van der Waals surface area contributed by atoms with Crippen molar-refractivity contribution in [2.24, 2.45) is 0 Å². The van der Waals surface area contributed by atoms with Crippen LogP contribution in [0, 0.1) is 0 Å². The number of nitrogens with zero attached hydrogens (tertiary/aromatic N) is 2. The monoisotopic (exact) mass is 214 g/mol. The first kappa shape index (κ1) is 10.4. The maximum absolute atomic E-state index is 5.66. The van der Waals surface area contributed by atoms with Crippen LogP contribution in [-0.4, -0.2) is 9.97 Å². The fourth-order valence-corrected chi connectivity index (χ4v) is 1.52. The third-order valence-electron chi connectivity index (χ3n) is 2.35. The van der Waals surface area contributed by atoms with Gasteiger partial charge in [-0.2, -0.15) is 0 Å². The van der Waals surface area contributed by atoms with Crippen LogP contribution in [0.25, 0.3) is 0 Å². The van der Waals surface area contributed by atoms with Gasteiger partial charge in [0, 0.05) is 24.6 Å². The standard InChI is InChI=1S/C12H14N4/c1-9(10-2-4-14-5-3-10)16-12-6-11(13)7-15-8-12/h2-9,16H,13H2,1H3. The highest BCUT2D eigenvalue weighted by atomic mass is 14.9. The van der Waals surface area contributed by atoms with Gasteiger partial charge in [0.2, 0.25) is 0 Å². The Morgan fingerprint density at radius 3 is 2.62 bits per heavy atom. The molecule has 0 spiro atoms. The molecule has 2 heterocycles. The quantitative estimate of drug-likeness (QED) is 0.822. The summed E-state index contributed by atoms with van der Waals surface area (Å²) >= 11 is 0. The molecule has 16 heavy (non-hydrogen) atoms. The van der Waals surface area contributed by atoms with E-state index in [4.69, 9.17) is 5.73 Å². The fourth-order valence-electron chi connectivity index (χ4n) is 1.52. The van der Waals surface area contributed by atoms with Crippen molar-refractivity contribution < 1.29 is 0 Å². The Hall–Kier alpha value is -2.10. The normalized spacial score (nSPS) is 12.1. The fraction of sp³-hybridized carbons (Fsp3) is 0.167. The summed E-state index contributed by atoms with van der Waals surface area (Å²) in [5.41, 5.74) is 8.42. The van der Waals surface area contributed by atoms with E-state index in [0.29, 0.717) is 5.69 Å². The van der Waals surface area contributed by atoms with Gasteiger partial charge >= 0.3 is 0 Å². The highest BCUT2D eigenvalue weighted by molar-refractivity contribution is 5.52. The van der Waals surface area contributed by atoms with Crippen molar-refractivity contribution in [2.45, 2.75) is 13.0 Å². The maximum atomic E-state index is 5.66. The van der Waals surface area contributed by atoms with E-state index in [1.165, 1.54) is 5.56 Å². The van der Waals surface area contributed by atoms with Crippen molar-refractivity contribution in [3.63, 3.8) is 0 Å². The largest absolute Gasteiger partial charge is 0.397 e. The Kier molecular flexibility index (Phi) is 3.00. The van der Waals surface area contributed by atoms with Crippen LogP contribution >= 0.6 is 0 Å². The number of rotatable bonds is 3. The van der Waals surface area contributed by atoms with E-state index in [1.807, 2.05) is 18.2 Å². The van der Waals surface area contributed by atoms with Crippen molar-refractivity contribution in [1.82, 2.24) is 9.97 Å². The van der Waals surface area contributed by atoms with Crippen LogP contribution in [0.2, 0.25) is 0 Å². The molecule has 2 aromatic rings. The van der Waals surface area contributed by atoms with Crippen molar-refractivity contribution in [3.05, 3.63) is 48.5 Å². The predicted octanol–water partition coefficient (Wildman–Crippen LogP) is 2.23. The molecule has 0 bridgehead atoms. The molecule has 82 valence electrons. The summed E-state index contributed by atoms with van der Waals surface area (Å²) in [6, 6.07) is 6.03. The second-order valence-electron chi connectivity index (χ2n) is 3.65. The predicted molar refractivity (Wildman–Crippen MR) is 64.9 cm³/mol. The molecule has 0 saturated carbocycles. The third-order valence-corrected chi connectivity index (χ3v) is 2.35. The van der Waals surface area contributed by atoms with Crippen LogP contribution < -0.4 is 11.1 Å². The average Bonchev–Trinajstić information content (AvgIpc) is 2.30. The van der Waals surface area contributed by atoms with E-state index in [1.54, 1.807) is 24.8 Å². The van der Waals surface area contributed by atoms with Crippen LogP contribution in [0.1, 0.15) is 18.5 Å². The Morgan fingerprint density at radius 1 is 1.19 bits per heavy atom. The topological polar surface area (TPSA) is 63.8 Å². The minimum Gasteiger partial charge on any atom is -0.397 e. The second-order valence-corrected chi connectivity index (χ2v) is 3.65. The lowest BCUT2D eigenvalue weighted by atomic mass is 10.1. The van der Waals surface area contributed by atoms with Crippen molar-refractivity contribution in [1.29, 1.82) is 0 Å². The zero-order valence-electron chi connectivity index (χ0n) is 9.09. The highest BCUT2D eigenvalue weighted by Crippen LogP contribution is 2.18. The van der Waals surface area contributed by atoms with Crippen molar-refractivity contribution in [2.75, 3.05) is 11.1 Å². The van der Waals surface area contributed by atoms with E-state index in [0.717, 1.165) is 5.69 Å². The molecule has 0 fully saturated rings. The van der Waals surface area contributed by atoms with Gasteiger partial charge in [-0.25, -0.2) is 0 Å². The first-order valence-electron chi connectivity index (χ1n) is 5.12. The van der Waals surface area contributed by atoms with Crippen LogP contribution in [0.4, 0.5) is 11.4 Å². The molecule has 1 unspecified atom stereocenters. The zero-order chi connectivity index (χ0) is 11.4. The molecule has 0 amide bonds. The summed E-state index contributed by atoms with van der Waals surface area (Å²) in [7, 11) is 0. The Morgan fingerprint density at radius 2 is 1.94 bits per heavy atom. The van der Waals surface area contributed by atoms with Crippen LogP contribution in [-0.2, 0) is 0 Å². The van der Waals surface area contributed by atoms with E-state index < -0.39 is 0 Å². The lowest BCUT2D eigenvalue weighted by Crippen LogP contribution is -2.07. The summed E-state index contributed by atoms with van der Waals surface area (Å²) < 4.78 is 0. The number of nitrogen functional groups attached to an aromatic ring is 1. The number of nitrogens with one attached hydrogen (secondary N) is 1. The van der Waals surface area contributed by atoms with Gasteiger partial charge in [-0.15, -0.1) is 0 Å². The summed E-state index contributed by atoms with van der Waals surface area (Å²) in [4.78, 5) is 8.02. The second kappa shape index (κ2) is 4.61. The average molecular weight is 214 g/mol. The molecule has 0 saturated heterocycles. The molecule has 3 N–H and O–H groups in total. The summed E-state index contributed by atoms with van der Waals surface area (Å²) in [6.45, 7) is 2.08. The number of nitrogens with two attached hydrogens (primary N) is 1. The van der Waals surface area contributed by atoms with Crippen LogP contribution in [0.3, 0.4) is 0 Å². The van der Waals surface area contributed by atoms with E-state index in [9.17, 15) is 0 Å². The molecule has 0 aliphatic heterocycles. The van der Waals surface area contributed by atoms with Crippen LogP contribution in [0.15, 0.2) is 43.0 Å². The molecular formula is C12H14N4. The first-order valence-corrected chi connectivity index (χ1v) is 5.12. The molecule has 1 atom stereocenters. The summed E-state index contributed by atoms with van der Waals surface area (Å²) in [6.07, 6.45) is 6.95. The molecule has 0 radical (unpaired) electrons. The molecule has 2 aromatic heterocycles. The number of hydrogen-bond donors (Lipinski definition) is 2. The number of hydrogen-bond acceptors (Lipinski definition) is 4. The SMILES string of the molecule is CC(Nc1cncc(N)c1)c1ccncc1. The lowest BCUT2D eigenvalue weighted by molar-refractivity contribution is 0.879. The smallest absolute Gasteiger partial charge is 0.0552 e. The number of anilines is 2. The van der Waals surface area contributed by atoms with Crippen LogP contribution in [0.5, 0.6) is 0 Å². The molecule has 4 heteroatoms. The summed E-state index contributed by atoms with van der Waals surface area (Å²) in [5.74, 6) is 0. The highest BCUT2D eigenvalue weighted by Gasteiger charge is 2.04. The molecule has 0 aromatic carbocycles. The number of pyridine rings is 2. The molecule has 0 aliphatic rings. The third kappa shape index (κ3) is 2.48. The Bertz CT molecular complexity index is 456. The molecule has 0 aliphatic carbocycles. The van der Waals surface area contributed by atoms with Gasteiger partial charge in [-0.3, -0.25) is 9.97 Å². The van der Waals surface area contributed by atoms with Gasteiger partial charge in [-0.1, -0.05) is 0 Å². The molecular weight excluding hydrogens is 200 g/mol. The van der Waals surface area contributed by atoms with Crippen molar-refractivity contribution >= 4 is 11.4 Å². The first-order chi connectivity index (χ1) is 7.75. The van der Waals surface area contributed by atoms with E-state index in [2.05, 4.69) is 22.2 Å². The van der Waals surface area contributed by atoms with E-state index >= 15 is 0 Å². The molecule has 2 rings (SSSR count). The van der Waals surface area contributed by atoms with Gasteiger partial charge in [0.25, 0.3) is 0 Å². The summed E-state index contributed by atoms with van der Waals surface area (Å²) in [5, 5.41) is 3.33. The minimum atomic E-state index is 0.201. The van der Waals surface area contributed by atoms with Gasteiger partial charge in [0.05, 0.1) is 17.6 Å². The Labute approximate surface area is 94.5 Å². The maximum Gasteiger partial charge on any atom is 0.0552 e. The number of aromatic nitrogens is 2. The van der Waals surface area contributed by atoms with Crippen molar-refractivity contribution in [3.8, 4) is 0 Å². The molecule has 4 nitrogen and oxygen atoms in total. The van der Waals surface area contributed by atoms with Gasteiger partial charge in [0.1, 0.15) is 0 Å². The van der Waals surface area contributed by atoms with Gasteiger partial charge in [-0.05, 0) is 30.7 Å². The van der Waals surface area contributed by atoms with Gasteiger partial charge < -0.3 is 11.1 Å². The Balaban J connectivity index is 2.11. The van der Waals surface area contributed by atoms with E-state index in [-0.39, 0.29) is 6.04 Å². The zero-order valence-corrected chi connectivity index (χ0v) is 9.09. The van der Waals surface area contributed by atoms with Gasteiger partial charge in [0.15, 0.2) is 0 Å².